The van der Waals surface area contributed by atoms with E-state index < -0.39 is 5.60 Å². The molecule has 2 nitrogen and oxygen atoms in total. The summed E-state index contributed by atoms with van der Waals surface area (Å²) in [6.45, 7) is 0. The van der Waals surface area contributed by atoms with Gasteiger partial charge in [0.15, 0.2) is 0 Å². The van der Waals surface area contributed by atoms with Crippen LogP contribution in [0.15, 0.2) is 48.7 Å². The van der Waals surface area contributed by atoms with E-state index >= 15 is 0 Å². The Kier molecular flexibility index (Phi) is 2.88. The van der Waals surface area contributed by atoms with Crippen molar-refractivity contribution in [1.29, 1.82) is 0 Å². The minimum Gasteiger partial charge on any atom is -0.389 e. The van der Waals surface area contributed by atoms with Crippen LogP contribution in [0.25, 0.3) is 0 Å². The lowest BCUT2D eigenvalue weighted by molar-refractivity contribution is 0.0258. The van der Waals surface area contributed by atoms with Gasteiger partial charge in [0.2, 0.25) is 0 Å². The van der Waals surface area contributed by atoms with E-state index in [1.807, 2.05) is 24.3 Å². The van der Waals surface area contributed by atoms with Crippen molar-refractivity contribution in [3.05, 3.63) is 65.5 Å². The van der Waals surface area contributed by atoms with Crippen molar-refractivity contribution in [1.82, 2.24) is 4.98 Å². The van der Waals surface area contributed by atoms with Gasteiger partial charge in [-0.2, -0.15) is 0 Å². The van der Waals surface area contributed by atoms with Gasteiger partial charge in [0.05, 0.1) is 5.60 Å². The van der Waals surface area contributed by atoms with Crippen molar-refractivity contribution in [2.75, 3.05) is 0 Å². The third kappa shape index (κ3) is 2.29. The van der Waals surface area contributed by atoms with Crippen LogP contribution >= 0.6 is 0 Å². The lowest BCUT2D eigenvalue weighted by atomic mass is 9.78. The van der Waals surface area contributed by atoms with Crippen LogP contribution < -0.4 is 0 Å². The first-order chi connectivity index (χ1) is 8.75. The van der Waals surface area contributed by atoms with Gasteiger partial charge in [0.1, 0.15) is 0 Å². The molecule has 1 N–H and O–H groups in total. The summed E-state index contributed by atoms with van der Waals surface area (Å²) in [6.07, 6.45) is 4.94. The first-order valence-corrected chi connectivity index (χ1v) is 6.44. The molecule has 0 saturated carbocycles. The molecule has 0 fully saturated rings. The second-order valence-corrected chi connectivity index (χ2v) is 5.17. The minimum absolute atomic E-state index is 0.636. The number of fused-ring (bicyclic) bond motifs is 1. The molecule has 1 aliphatic rings. The van der Waals surface area contributed by atoms with E-state index in [0.29, 0.717) is 6.42 Å². The zero-order chi connectivity index (χ0) is 12.4. The summed E-state index contributed by atoms with van der Waals surface area (Å²) in [5, 5.41) is 10.7. The molecule has 92 valence electrons. The topological polar surface area (TPSA) is 33.1 Å². The van der Waals surface area contributed by atoms with Crippen molar-refractivity contribution in [2.24, 2.45) is 0 Å². The Morgan fingerprint density at radius 2 is 1.83 bits per heavy atom. The molecule has 0 radical (unpaired) electrons. The van der Waals surface area contributed by atoms with E-state index in [4.69, 9.17) is 0 Å². The Hall–Kier alpha value is -1.67. The van der Waals surface area contributed by atoms with Crippen LogP contribution in [0.4, 0.5) is 0 Å². The normalized spacial score (nSPS) is 22.5. The van der Waals surface area contributed by atoms with E-state index in [1.54, 1.807) is 6.20 Å². The highest BCUT2D eigenvalue weighted by Gasteiger charge is 2.32. The zero-order valence-electron chi connectivity index (χ0n) is 10.3. The van der Waals surface area contributed by atoms with Crippen LogP contribution in [0.5, 0.6) is 0 Å². The number of hydrogen-bond donors (Lipinski definition) is 1. The highest BCUT2D eigenvalue weighted by molar-refractivity contribution is 5.32. The number of nitrogens with zero attached hydrogens (tertiary/aromatic N) is 1. The SMILES string of the molecule is OC1(Cc2ccccn2)CCc2ccccc2C1. The van der Waals surface area contributed by atoms with Crippen LogP contribution in [0, 0.1) is 0 Å². The molecule has 1 heterocycles. The van der Waals surface area contributed by atoms with Crippen LogP contribution in [0.3, 0.4) is 0 Å². The zero-order valence-corrected chi connectivity index (χ0v) is 10.3. The molecule has 1 aromatic heterocycles. The summed E-state index contributed by atoms with van der Waals surface area (Å²) in [5.74, 6) is 0. The molecule has 3 rings (SSSR count). The van der Waals surface area contributed by atoms with E-state index in [9.17, 15) is 5.11 Å². The Balaban J connectivity index is 1.82. The van der Waals surface area contributed by atoms with Crippen LogP contribution in [-0.4, -0.2) is 15.7 Å². The fourth-order valence-electron chi connectivity index (χ4n) is 2.77. The molecule has 0 amide bonds. The maximum absolute atomic E-state index is 10.7. The molecule has 18 heavy (non-hydrogen) atoms. The molecule has 1 aliphatic carbocycles. The number of rotatable bonds is 2. The average molecular weight is 239 g/mol. The van der Waals surface area contributed by atoms with Gasteiger partial charge < -0.3 is 5.11 Å². The molecule has 1 unspecified atom stereocenters. The number of aromatic nitrogens is 1. The molecule has 0 saturated heterocycles. The molecule has 2 aromatic rings. The Morgan fingerprint density at radius 1 is 1.06 bits per heavy atom. The molecular formula is C16H17NO. The maximum Gasteiger partial charge on any atom is 0.0746 e. The maximum atomic E-state index is 10.7. The monoisotopic (exact) mass is 239 g/mol. The van der Waals surface area contributed by atoms with Gasteiger partial charge in [-0.3, -0.25) is 4.98 Å². The minimum atomic E-state index is -0.636. The summed E-state index contributed by atoms with van der Waals surface area (Å²) >= 11 is 0. The summed E-state index contributed by atoms with van der Waals surface area (Å²) in [7, 11) is 0. The Labute approximate surface area is 107 Å². The molecule has 1 aromatic carbocycles. The average Bonchev–Trinajstić information content (AvgIpc) is 2.39. The summed E-state index contributed by atoms with van der Waals surface area (Å²) in [5.41, 5.74) is 2.99. The standard InChI is InChI=1S/C16H17NO/c18-16(12-15-7-3-4-10-17-15)9-8-13-5-1-2-6-14(13)11-16/h1-7,10,18H,8-9,11-12H2. The summed E-state index contributed by atoms with van der Waals surface area (Å²) in [4.78, 5) is 4.31. The first kappa shape index (κ1) is 11.4. The molecule has 2 heteroatoms. The van der Waals surface area contributed by atoms with Crippen molar-refractivity contribution in [3.8, 4) is 0 Å². The van der Waals surface area contributed by atoms with E-state index in [2.05, 4.69) is 23.2 Å². The predicted octanol–water partition coefficient (Wildman–Crippen LogP) is 2.54. The Bertz CT molecular complexity index is 538. The highest BCUT2D eigenvalue weighted by atomic mass is 16.3. The van der Waals surface area contributed by atoms with Crippen LogP contribution in [0.2, 0.25) is 0 Å². The van der Waals surface area contributed by atoms with Gasteiger partial charge in [-0.05, 0) is 36.1 Å². The van der Waals surface area contributed by atoms with Gasteiger partial charge in [-0.1, -0.05) is 30.3 Å². The number of aliphatic hydroxyl groups is 1. The number of benzene rings is 1. The largest absolute Gasteiger partial charge is 0.389 e. The van der Waals surface area contributed by atoms with Crippen molar-refractivity contribution >= 4 is 0 Å². The van der Waals surface area contributed by atoms with E-state index in [-0.39, 0.29) is 0 Å². The van der Waals surface area contributed by atoms with Gasteiger partial charge in [0.25, 0.3) is 0 Å². The smallest absolute Gasteiger partial charge is 0.0746 e. The van der Waals surface area contributed by atoms with Gasteiger partial charge in [0, 0.05) is 24.7 Å². The van der Waals surface area contributed by atoms with Crippen molar-refractivity contribution in [3.63, 3.8) is 0 Å². The molecule has 0 aliphatic heterocycles. The van der Waals surface area contributed by atoms with E-state index in [1.165, 1.54) is 11.1 Å². The second kappa shape index (κ2) is 4.54. The number of pyridine rings is 1. The molecule has 1 atom stereocenters. The lowest BCUT2D eigenvalue weighted by Gasteiger charge is -2.33. The van der Waals surface area contributed by atoms with Crippen molar-refractivity contribution in [2.45, 2.75) is 31.3 Å². The number of hydrogen-bond acceptors (Lipinski definition) is 2. The van der Waals surface area contributed by atoms with Gasteiger partial charge in [-0.25, -0.2) is 0 Å². The third-order valence-electron chi connectivity index (χ3n) is 3.73. The summed E-state index contributed by atoms with van der Waals surface area (Å²) < 4.78 is 0. The fourth-order valence-corrected chi connectivity index (χ4v) is 2.77. The highest BCUT2D eigenvalue weighted by Crippen LogP contribution is 2.30. The second-order valence-electron chi connectivity index (χ2n) is 5.17. The summed E-state index contributed by atoms with van der Waals surface area (Å²) in [6, 6.07) is 14.3. The van der Waals surface area contributed by atoms with Crippen LogP contribution in [-0.2, 0) is 19.3 Å². The van der Waals surface area contributed by atoms with Crippen LogP contribution in [0.1, 0.15) is 23.2 Å². The Morgan fingerprint density at radius 3 is 2.61 bits per heavy atom. The molecular weight excluding hydrogens is 222 g/mol. The first-order valence-electron chi connectivity index (χ1n) is 6.44. The molecule has 0 spiro atoms. The lowest BCUT2D eigenvalue weighted by Crippen LogP contribution is -2.38. The predicted molar refractivity (Wildman–Crippen MR) is 71.4 cm³/mol. The fraction of sp³-hybridized carbons (Fsp3) is 0.312. The van der Waals surface area contributed by atoms with Gasteiger partial charge in [-0.15, -0.1) is 0 Å². The van der Waals surface area contributed by atoms with Crippen molar-refractivity contribution < 1.29 is 5.11 Å². The number of aryl methyl sites for hydroxylation is 1. The van der Waals surface area contributed by atoms with Gasteiger partial charge >= 0.3 is 0 Å². The third-order valence-corrected chi connectivity index (χ3v) is 3.73. The molecule has 0 bridgehead atoms. The van der Waals surface area contributed by atoms with E-state index in [0.717, 1.165) is 25.0 Å². The quantitative estimate of drug-likeness (QED) is 0.873.